The molecule has 1 aromatic rings. The molecule has 0 amide bonds. The third-order valence-corrected chi connectivity index (χ3v) is 2.47. The summed E-state index contributed by atoms with van der Waals surface area (Å²) in [7, 11) is 1.45. The standard InChI is InChI=1S/C12H16N2O2/c1-3-4-10(14)9-6-11(15)12(16-2)5-8(9)7-13/h5-6,10,15H,3-4,14H2,1-2H3/t10-/m0/s1. The van der Waals surface area contributed by atoms with Crippen molar-refractivity contribution >= 4 is 0 Å². The molecule has 0 saturated carbocycles. The number of nitrogens with zero attached hydrogens (tertiary/aromatic N) is 1. The van der Waals surface area contributed by atoms with Crippen LogP contribution in [0.3, 0.4) is 0 Å². The summed E-state index contributed by atoms with van der Waals surface area (Å²) in [6, 6.07) is 4.87. The number of rotatable bonds is 4. The van der Waals surface area contributed by atoms with Gasteiger partial charge in [0, 0.05) is 12.1 Å². The molecule has 0 aliphatic carbocycles. The van der Waals surface area contributed by atoms with E-state index in [-0.39, 0.29) is 11.8 Å². The van der Waals surface area contributed by atoms with Gasteiger partial charge in [-0.15, -0.1) is 0 Å². The fourth-order valence-corrected chi connectivity index (χ4v) is 1.62. The van der Waals surface area contributed by atoms with E-state index in [0.29, 0.717) is 16.9 Å². The van der Waals surface area contributed by atoms with Crippen LogP contribution in [0.5, 0.6) is 11.5 Å². The first kappa shape index (κ1) is 12.3. The Hall–Kier alpha value is -1.73. The van der Waals surface area contributed by atoms with E-state index in [1.165, 1.54) is 19.2 Å². The first-order valence-electron chi connectivity index (χ1n) is 5.20. The Morgan fingerprint density at radius 1 is 1.56 bits per heavy atom. The predicted octanol–water partition coefficient (Wildman–Crippen LogP) is 2.07. The molecule has 86 valence electrons. The van der Waals surface area contributed by atoms with Crippen LogP contribution in [0.25, 0.3) is 0 Å². The Bertz CT molecular complexity index is 410. The monoisotopic (exact) mass is 220 g/mol. The zero-order valence-electron chi connectivity index (χ0n) is 9.53. The Kier molecular flexibility index (Phi) is 4.15. The predicted molar refractivity (Wildman–Crippen MR) is 61.2 cm³/mol. The Labute approximate surface area is 95.3 Å². The Morgan fingerprint density at radius 3 is 2.75 bits per heavy atom. The van der Waals surface area contributed by atoms with Crippen LogP contribution in [0.4, 0.5) is 0 Å². The summed E-state index contributed by atoms with van der Waals surface area (Å²) in [6.45, 7) is 2.02. The quantitative estimate of drug-likeness (QED) is 0.814. The summed E-state index contributed by atoms with van der Waals surface area (Å²) < 4.78 is 4.94. The number of hydrogen-bond donors (Lipinski definition) is 2. The minimum absolute atomic E-state index is 0.0167. The zero-order chi connectivity index (χ0) is 12.1. The summed E-state index contributed by atoms with van der Waals surface area (Å²) >= 11 is 0. The lowest BCUT2D eigenvalue weighted by molar-refractivity contribution is 0.372. The molecular formula is C12H16N2O2. The van der Waals surface area contributed by atoms with Gasteiger partial charge in [-0.3, -0.25) is 0 Å². The van der Waals surface area contributed by atoms with Gasteiger partial charge in [0.15, 0.2) is 11.5 Å². The fraction of sp³-hybridized carbons (Fsp3) is 0.417. The molecule has 0 spiro atoms. The summed E-state index contributed by atoms with van der Waals surface area (Å²) in [4.78, 5) is 0. The fourth-order valence-electron chi connectivity index (χ4n) is 1.62. The molecule has 1 aromatic carbocycles. The number of nitrogens with two attached hydrogens (primary N) is 1. The average Bonchev–Trinajstić information content (AvgIpc) is 2.29. The smallest absolute Gasteiger partial charge is 0.161 e. The van der Waals surface area contributed by atoms with Crippen molar-refractivity contribution in [2.45, 2.75) is 25.8 Å². The molecule has 3 N–H and O–H groups in total. The molecule has 0 aromatic heterocycles. The van der Waals surface area contributed by atoms with Crippen LogP contribution in [-0.2, 0) is 0 Å². The molecular weight excluding hydrogens is 204 g/mol. The molecule has 0 fully saturated rings. The van der Waals surface area contributed by atoms with E-state index in [2.05, 4.69) is 6.07 Å². The maximum Gasteiger partial charge on any atom is 0.161 e. The first-order chi connectivity index (χ1) is 7.63. The number of hydrogen-bond acceptors (Lipinski definition) is 4. The van der Waals surface area contributed by atoms with Crippen molar-refractivity contribution in [3.05, 3.63) is 23.3 Å². The lowest BCUT2D eigenvalue weighted by atomic mass is 9.97. The van der Waals surface area contributed by atoms with E-state index < -0.39 is 0 Å². The average molecular weight is 220 g/mol. The van der Waals surface area contributed by atoms with Gasteiger partial charge in [-0.2, -0.15) is 5.26 Å². The van der Waals surface area contributed by atoms with Crippen LogP contribution in [0.1, 0.15) is 36.9 Å². The van der Waals surface area contributed by atoms with E-state index in [4.69, 9.17) is 15.7 Å². The van der Waals surface area contributed by atoms with Crippen molar-refractivity contribution in [1.82, 2.24) is 0 Å². The van der Waals surface area contributed by atoms with Crippen molar-refractivity contribution in [1.29, 1.82) is 5.26 Å². The maximum atomic E-state index is 9.64. The molecule has 1 atom stereocenters. The molecule has 4 nitrogen and oxygen atoms in total. The van der Waals surface area contributed by atoms with Crippen molar-refractivity contribution < 1.29 is 9.84 Å². The largest absolute Gasteiger partial charge is 0.504 e. The molecule has 0 unspecified atom stereocenters. The summed E-state index contributed by atoms with van der Waals surface area (Å²) in [5.41, 5.74) is 7.06. The number of phenols is 1. The second kappa shape index (κ2) is 5.38. The van der Waals surface area contributed by atoms with Gasteiger partial charge in [0.1, 0.15) is 0 Å². The summed E-state index contributed by atoms with van der Waals surface area (Å²) in [5.74, 6) is 0.312. The van der Waals surface area contributed by atoms with Crippen LogP contribution in [0.2, 0.25) is 0 Å². The molecule has 0 bridgehead atoms. The van der Waals surface area contributed by atoms with Crippen LogP contribution in [0, 0.1) is 11.3 Å². The minimum atomic E-state index is -0.226. The van der Waals surface area contributed by atoms with Crippen LogP contribution in [0.15, 0.2) is 12.1 Å². The van der Waals surface area contributed by atoms with Crippen LogP contribution in [-0.4, -0.2) is 12.2 Å². The highest BCUT2D eigenvalue weighted by molar-refractivity contribution is 5.52. The van der Waals surface area contributed by atoms with Crippen molar-refractivity contribution in [3.63, 3.8) is 0 Å². The van der Waals surface area contributed by atoms with Crippen molar-refractivity contribution in [2.24, 2.45) is 5.73 Å². The minimum Gasteiger partial charge on any atom is -0.504 e. The normalized spacial score (nSPS) is 11.9. The lowest BCUT2D eigenvalue weighted by Crippen LogP contribution is -2.11. The van der Waals surface area contributed by atoms with E-state index in [1.807, 2.05) is 6.92 Å². The van der Waals surface area contributed by atoms with E-state index in [0.717, 1.165) is 12.8 Å². The van der Waals surface area contributed by atoms with Gasteiger partial charge in [-0.1, -0.05) is 13.3 Å². The van der Waals surface area contributed by atoms with E-state index in [1.54, 1.807) is 0 Å². The van der Waals surface area contributed by atoms with E-state index in [9.17, 15) is 5.11 Å². The lowest BCUT2D eigenvalue weighted by Gasteiger charge is -2.14. The van der Waals surface area contributed by atoms with Gasteiger partial charge < -0.3 is 15.6 Å². The summed E-state index contributed by atoms with van der Waals surface area (Å²) in [6.07, 6.45) is 1.71. The van der Waals surface area contributed by atoms with Gasteiger partial charge in [0.05, 0.1) is 18.7 Å². The van der Waals surface area contributed by atoms with Gasteiger partial charge in [0.2, 0.25) is 0 Å². The maximum absolute atomic E-state index is 9.64. The number of phenolic OH excluding ortho intramolecular Hbond substituents is 1. The van der Waals surface area contributed by atoms with E-state index >= 15 is 0 Å². The van der Waals surface area contributed by atoms with Crippen molar-refractivity contribution in [3.8, 4) is 17.6 Å². The topological polar surface area (TPSA) is 79.3 Å². The summed E-state index contributed by atoms with van der Waals surface area (Å²) in [5, 5.41) is 18.6. The number of benzene rings is 1. The van der Waals surface area contributed by atoms with Crippen LogP contribution < -0.4 is 10.5 Å². The highest BCUT2D eigenvalue weighted by atomic mass is 16.5. The first-order valence-corrected chi connectivity index (χ1v) is 5.20. The number of nitriles is 1. The molecule has 0 radical (unpaired) electrons. The molecule has 4 heteroatoms. The molecule has 0 aliphatic heterocycles. The number of ether oxygens (including phenoxy) is 1. The Morgan fingerprint density at radius 2 is 2.25 bits per heavy atom. The van der Waals surface area contributed by atoms with Gasteiger partial charge in [-0.05, 0) is 18.1 Å². The van der Waals surface area contributed by atoms with Gasteiger partial charge >= 0.3 is 0 Å². The molecule has 1 rings (SSSR count). The third-order valence-electron chi connectivity index (χ3n) is 2.47. The number of methoxy groups -OCH3 is 1. The molecule has 0 aliphatic rings. The molecule has 0 saturated heterocycles. The SMILES string of the molecule is CCC[C@H](N)c1cc(O)c(OC)cc1C#N. The highest BCUT2D eigenvalue weighted by Crippen LogP contribution is 2.32. The Balaban J connectivity index is 3.19. The second-order valence-electron chi connectivity index (χ2n) is 3.62. The van der Waals surface area contributed by atoms with Gasteiger partial charge in [-0.25, -0.2) is 0 Å². The number of aromatic hydroxyl groups is 1. The van der Waals surface area contributed by atoms with Crippen molar-refractivity contribution in [2.75, 3.05) is 7.11 Å². The van der Waals surface area contributed by atoms with Gasteiger partial charge in [0.25, 0.3) is 0 Å². The van der Waals surface area contributed by atoms with Crippen LogP contribution >= 0.6 is 0 Å². The highest BCUT2D eigenvalue weighted by Gasteiger charge is 2.14. The zero-order valence-corrected chi connectivity index (χ0v) is 9.53. The third kappa shape index (κ3) is 2.44. The molecule has 0 heterocycles. The second-order valence-corrected chi connectivity index (χ2v) is 3.62. The molecule has 16 heavy (non-hydrogen) atoms.